The topological polar surface area (TPSA) is 119 Å². The molecule has 248 valence electrons. The first-order valence-electron chi connectivity index (χ1n) is 15.5. The lowest BCUT2D eigenvalue weighted by Crippen LogP contribution is -2.35. The lowest BCUT2D eigenvalue weighted by molar-refractivity contribution is 0.0774. The van der Waals surface area contributed by atoms with Gasteiger partial charge >= 0.3 is 0 Å². The summed E-state index contributed by atoms with van der Waals surface area (Å²) >= 11 is 0. The van der Waals surface area contributed by atoms with Gasteiger partial charge in [-0.1, -0.05) is 5.16 Å². The fraction of sp³-hybridized carbons (Fsp3) is 0.400. The second-order valence-electron chi connectivity index (χ2n) is 11.2. The Labute approximate surface area is 273 Å². The molecule has 0 N–H and O–H groups in total. The van der Waals surface area contributed by atoms with Crippen LogP contribution in [0.5, 0.6) is 40.2 Å². The standard InChI is InChI=1S/C35H39N3O9/c1-40-28-10-9-23(33(43-4)34(28)44-5)24-16-21(27-11-12-37-47-27)17-31(32(24)42-3)46-15-7-14-45-30-19-26-25(18-29(30)41-2)35(39)38-13-6-8-22(38)20-36-26/h9-10,12,16-20,22,27H,6-8,11,13-15H2,1-5H3/t22-,27?/m0/s1. The van der Waals surface area contributed by atoms with Gasteiger partial charge in [0.05, 0.1) is 66.1 Å². The molecule has 12 nitrogen and oxygen atoms in total. The molecule has 0 aromatic heterocycles. The maximum absolute atomic E-state index is 13.2. The summed E-state index contributed by atoms with van der Waals surface area (Å²) in [5.41, 5.74) is 3.42. The number of carbonyl (C=O) groups is 1. The minimum atomic E-state index is -0.275. The number of hydrogen-bond acceptors (Lipinski definition) is 11. The Kier molecular flexibility index (Phi) is 9.55. The number of nitrogens with zero attached hydrogens (tertiary/aromatic N) is 3. The molecule has 12 heteroatoms. The van der Waals surface area contributed by atoms with Crippen LogP contribution in [0.1, 0.15) is 47.7 Å². The summed E-state index contributed by atoms with van der Waals surface area (Å²) in [7, 11) is 7.87. The van der Waals surface area contributed by atoms with Gasteiger partial charge in [0.15, 0.2) is 40.6 Å². The average Bonchev–Trinajstić information content (AvgIpc) is 3.80. The van der Waals surface area contributed by atoms with Crippen molar-refractivity contribution in [3.05, 3.63) is 47.5 Å². The first-order valence-corrected chi connectivity index (χ1v) is 15.5. The van der Waals surface area contributed by atoms with Crippen molar-refractivity contribution in [1.82, 2.24) is 4.90 Å². The van der Waals surface area contributed by atoms with Crippen LogP contribution < -0.4 is 33.2 Å². The molecule has 0 radical (unpaired) electrons. The van der Waals surface area contributed by atoms with E-state index >= 15 is 0 Å². The van der Waals surface area contributed by atoms with Gasteiger partial charge in [-0.3, -0.25) is 9.79 Å². The van der Waals surface area contributed by atoms with Crippen LogP contribution in [0.15, 0.2) is 46.5 Å². The highest BCUT2D eigenvalue weighted by atomic mass is 16.6. The van der Waals surface area contributed by atoms with Crippen molar-refractivity contribution < 1.29 is 42.8 Å². The van der Waals surface area contributed by atoms with E-state index in [1.807, 2.05) is 35.4 Å². The van der Waals surface area contributed by atoms with Crippen molar-refractivity contribution >= 4 is 24.0 Å². The number of rotatable bonds is 13. The molecule has 3 aliphatic rings. The molecule has 47 heavy (non-hydrogen) atoms. The zero-order valence-electron chi connectivity index (χ0n) is 27.2. The third-order valence-corrected chi connectivity index (χ3v) is 8.49. The van der Waals surface area contributed by atoms with E-state index in [0.717, 1.165) is 36.1 Å². The van der Waals surface area contributed by atoms with Crippen molar-refractivity contribution in [2.24, 2.45) is 10.1 Å². The Morgan fingerprint density at radius 1 is 0.787 bits per heavy atom. The van der Waals surface area contributed by atoms with Gasteiger partial charge in [-0.25, -0.2) is 0 Å². The number of ether oxygens (including phenoxy) is 7. The van der Waals surface area contributed by atoms with Crippen LogP contribution in [-0.4, -0.2) is 84.6 Å². The van der Waals surface area contributed by atoms with Gasteiger partial charge in [0.1, 0.15) is 0 Å². The number of hydrogen-bond donors (Lipinski definition) is 0. The highest BCUT2D eigenvalue weighted by Crippen LogP contribution is 2.50. The lowest BCUT2D eigenvalue weighted by atomic mass is 9.96. The quantitative estimate of drug-likeness (QED) is 0.206. The van der Waals surface area contributed by atoms with Crippen LogP contribution in [0.25, 0.3) is 11.1 Å². The van der Waals surface area contributed by atoms with Gasteiger partial charge in [0.25, 0.3) is 5.91 Å². The lowest BCUT2D eigenvalue weighted by Gasteiger charge is -2.21. The fourth-order valence-corrected chi connectivity index (χ4v) is 6.18. The molecule has 1 amide bonds. The van der Waals surface area contributed by atoms with Gasteiger partial charge < -0.3 is 42.9 Å². The number of oxime groups is 1. The van der Waals surface area contributed by atoms with Crippen molar-refractivity contribution in [3.63, 3.8) is 0 Å². The normalized spacial score (nSPS) is 17.8. The first kappa shape index (κ1) is 31.8. The molecule has 0 bridgehead atoms. The van der Waals surface area contributed by atoms with E-state index in [4.69, 9.17) is 38.0 Å². The van der Waals surface area contributed by atoms with Gasteiger partial charge in [-0.05, 0) is 48.7 Å². The number of amides is 1. The third kappa shape index (κ3) is 6.19. The van der Waals surface area contributed by atoms with Crippen LogP contribution in [0.3, 0.4) is 0 Å². The monoisotopic (exact) mass is 645 g/mol. The molecule has 0 saturated carbocycles. The van der Waals surface area contributed by atoms with E-state index in [1.165, 1.54) is 0 Å². The van der Waals surface area contributed by atoms with Gasteiger partial charge in [-0.2, -0.15) is 0 Å². The predicted octanol–water partition coefficient (Wildman–Crippen LogP) is 6.01. The van der Waals surface area contributed by atoms with E-state index in [0.29, 0.717) is 77.6 Å². The smallest absolute Gasteiger partial charge is 0.256 e. The number of carbonyl (C=O) groups excluding carboxylic acids is 1. The van der Waals surface area contributed by atoms with E-state index in [1.54, 1.807) is 53.9 Å². The van der Waals surface area contributed by atoms with Crippen LogP contribution >= 0.6 is 0 Å². The Bertz CT molecular complexity index is 1680. The van der Waals surface area contributed by atoms with Crippen molar-refractivity contribution in [1.29, 1.82) is 0 Å². The second-order valence-corrected chi connectivity index (χ2v) is 11.2. The van der Waals surface area contributed by atoms with E-state index in [-0.39, 0.29) is 18.1 Å². The SMILES string of the molecule is COc1cc2c(cc1OCCCOc1cc(C3CC=NO3)cc(-c3ccc(OC)c(OC)c3OC)c1OC)N=C[C@@H]1CCCN1C2=O. The minimum Gasteiger partial charge on any atom is -0.493 e. The van der Waals surface area contributed by atoms with E-state index in [9.17, 15) is 4.79 Å². The molecule has 3 heterocycles. The Morgan fingerprint density at radius 2 is 1.55 bits per heavy atom. The molecule has 1 saturated heterocycles. The van der Waals surface area contributed by atoms with Crippen LogP contribution in [0.4, 0.5) is 5.69 Å². The maximum Gasteiger partial charge on any atom is 0.256 e. The number of aliphatic imine (C=N–C) groups is 1. The molecule has 3 aromatic rings. The number of benzene rings is 3. The Hall–Kier alpha value is -5.13. The summed E-state index contributed by atoms with van der Waals surface area (Å²) in [6.45, 7) is 1.39. The molecule has 6 rings (SSSR count). The summed E-state index contributed by atoms with van der Waals surface area (Å²) < 4.78 is 40.9. The zero-order valence-corrected chi connectivity index (χ0v) is 27.2. The van der Waals surface area contributed by atoms with Crippen LogP contribution in [-0.2, 0) is 4.84 Å². The summed E-state index contributed by atoms with van der Waals surface area (Å²) in [6.07, 6.45) is 6.39. The third-order valence-electron chi connectivity index (χ3n) is 8.49. The first-order chi connectivity index (χ1) is 23.0. The predicted molar refractivity (Wildman–Crippen MR) is 176 cm³/mol. The zero-order chi connectivity index (χ0) is 32.9. The van der Waals surface area contributed by atoms with Gasteiger partial charge in [0.2, 0.25) is 5.75 Å². The summed E-state index contributed by atoms with van der Waals surface area (Å²) in [6, 6.07) is 11.1. The summed E-state index contributed by atoms with van der Waals surface area (Å²) in [4.78, 5) is 25.3. The molecule has 3 aliphatic heterocycles. The molecule has 2 atom stereocenters. The van der Waals surface area contributed by atoms with E-state index < -0.39 is 0 Å². The fourth-order valence-electron chi connectivity index (χ4n) is 6.18. The average molecular weight is 646 g/mol. The number of fused-ring (bicyclic) bond motifs is 2. The number of methoxy groups -OCH3 is 5. The Balaban J connectivity index is 1.21. The highest BCUT2D eigenvalue weighted by Gasteiger charge is 2.33. The minimum absolute atomic E-state index is 0.0269. The maximum atomic E-state index is 13.2. The Morgan fingerprint density at radius 3 is 2.26 bits per heavy atom. The van der Waals surface area contributed by atoms with Crippen molar-refractivity contribution in [2.75, 3.05) is 55.3 Å². The van der Waals surface area contributed by atoms with Gasteiger partial charge in [-0.15, -0.1) is 0 Å². The van der Waals surface area contributed by atoms with Crippen molar-refractivity contribution in [3.8, 4) is 51.4 Å². The molecule has 1 fully saturated rings. The molecule has 3 aromatic carbocycles. The summed E-state index contributed by atoms with van der Waals surface area (Å²) in [5.74, 6) is 3.51. The van der Waals surface area contributed by atoms with E-state index in [2.05, 4.69) is 10.1 Å². The summed E-state index contributed by atoms with van der Waals surface area (Å²) in [5, 5.41) is 3.97. The van der Waals surface area contributed by atoms with Crippen molar-refractivity contribution in [2.45, 2.75) is 37.8 Å². The van der Waals surface area contributed by atoms with Gasteiger partial charge in [0, 0.05) is 49.0 Å². The van der Waals surface area contributed by atoms with Crippen LogP contribution in [0.2, 0.25) is 0 Å². The second kappa shape index (κ2) is 14.1. The molecule has 0 spiro atoms. The molecular formula is C35H39N3O9. The molecule has 0 aliphatic carbocycles. The molecule has 1 unspecified atom stereocenters. The van der Waals surface area contributed by atoms with Crippen LogP contribution in [0, 0.1) is 0 Å². The highest BCUT2D eigenvalue weighted by molar-refractivity contribution is 6.03. The largest absolute Gasteiger partial charge is 0.493 e. The molecular weight excluding hydrogens is 606 g/mol.